The van der Waals surface area contributed by atoms with Crippen LogP contribution in [0.4, 0.5) is 0 Å². The summed E-state index contributed by atoms with van der Waals surface area (Å²) in [6.45, 7) is 11.9. The molecule has 348 valence electrons. The number of ether oxygens (including phenoxy) is 2. The number of benzene rings is 2. The van der Waals surface area contributed by atoms with Crippen LogP contribution in [-0.2, 0) is 19.1 Å². The molecule has 0 radical (unpaired) electrons. The van der Waals surface area contributed by atoms with Crippen LogP contribution >= 0.6 is 54.0 Å². The van der Waals surface area contributed by atoms with Crippen LogP contribution in [0, 0.1) is 0 Å². The molecule has 2 saturated heterocycles. The summed E-state index contributed by atoms with van der Waals surface area (Å²) in [5.41, 5.74) is 1.69. The van der Waals surface area contributed by atoms with E-state index in [2.05, 4.69) is 34.3 Å². The number of unbranched alkanes of at least 4 members (excludes halogenated alkanes) is 12. The summed E-state index contributed by atoms with van der Waals surface area (Å²) in [6.07, 6.45) is 16.4. The van der Waals surface area contributed by atoms with Gasteiger partial charge >= 0.3 is 0 Å². The summed E-state index contributed by atoms with van der Waals surface area (Å²) < 4.78 is 10.8. The molecule has 2 aromatic rings. The SMILES string of the molecule is CCCCCCCCCC(=O)N[C@@H](CN1CCOCC1)[C@@H](O)c1ccccc1.CCCCCCCCCC(=O)N[C@H](CN1CCOCC1)[C@H](O)c1ccccc1.S.S.S.S. The second-order valence-electron chi connectivity index (χ2n) is 15.6. The van der Waals surface area contributed by atoms with E-state index in [1.807, 2.05) is 60.7 Å². The maximum atomic E-state index is 12.5. The molecule has 2 fully saturated rings. The maximum Gasteiger partial charge on any atom is 0.220 e. The van der Waals surface area contributed by atoms with Gasteiger partial charge in [-0.05, 0) is 24.0 Å². The lowest BCUT2D eigenvalue weighted by atomic mass is 10.0. The molecule has 0 saturated carbocycles. The fraction of sp³-hybridized carbons (Fsp3) is 0.696. The molecule has 4 rings (SSSR count). The Bertz CT molecular complexity index is 1180. The molecular weight excluding hydrogens is 833 g/mol. The number of aliphatic hydroxyl groups is 2. The average Bonchev–Trinajstić information content (AvgIpc) is 3.23. The monoisotopic (exact) mass is 917 g/mol. The van der Waals surface area contributed by atoms with E-state index in [4.69, 9.17) is 9.47 Å². The Kier molecular flexibility index (Phi) is 39.6. The normalized spacial score (nSPS) is 16.1. The number of carbonyl (C=O) groups is 2. The average molecular weight is 917 g/mol. The molecular formula is C46H84N4O6S4. The zero-order valence-electron chi connectivity index (χ0n) is 36.9. The van der Waals surface area contributed by atoms with Gasteiger partial charge in [-0.25, -0.2) is 0 Å². The summed E-state index contributed by atoms with van der Waals surface area (Å²) >= 11 is 0. The first kappa shape index (κ1) is 60.6. The molecule has 4 atom stereocenters. The van der Waals surface area contributed by atoms with Crippen LogP contribution in [0.5, 0.6) is 0 Å². The van der Waals surface area contributed by atoms with Crippen LogP contribution in [0.2, 0.25) is 0 Å². The summed E-state index contributed by atoms with van der Waals surface area (Å²) in [7, 11) is 0. The largest absolute Gasteiger partial charge is 0.386 e. The quantitative estimate of drug-likeness (QED) is 0.0706. The number of amides is 2. The number of carbonyl (C=O) groups excluding carboxylic acids is 2. The summed E-state index contributed by atoms with van der Waals surface area (Å²) in [5.74, 6) is 0.0867. The summed E-state index contributed by atoms with van der Waals surface area (Å²) in [5, 5.41) is 28.0. The van der Waals surface area contributed by atoms with Crippen molar-refractivity contribution >= 4 is 65.8 Å². The van der Waals surface area contributed by atoms with Crippen molar-refractivity contribution < 1.29 is 29.3 Å². The first-order chi connectivity index (χ1) is 27.4. The minimum atomic E-state index is -0.706. The number of hydrogen-bond acceptors (Lipinski definition) is 8. The van der Waals surface area contributed by atoms with Crippen LogP contribution in [-0.4, -0.2) is 110 Å². The zero-order chi connectivity index (χ0) is 40.1. The summed E-state index contributed by atoms with van der Waals surface area (Å²) in [6, 6.07) is 18.6. The van der Waals surface area contributed by atoms with Crippen LogP contribution < -0.4 is 10.6 Å². The van der Waals surface area contributed by atoms with Crippen LogP contribution in [0.15, 0.2) is 60.7 Å². The molecule has 0 aliphatic carbocycles. The lowest BCUT2D eigenvalue weighted by Crippen LogP contribution is -2.49. The van der Waals surface area contributed by atoms with Gasteiger partial charge in [0.2, 0.25) is 11.8 Å². The van der Waals surface area contributed by atoms with Gasteiger partial charge in [0.15, 0.2) is 0 Å². The predicted octanol–water partition coefficient (Wildman–Crippen LogP) is 7.81. The Morgan fingerprint density at radius 2 is 0.817 bits per heavy atom. The number of nitrogens with one attached hydrogen (secondary N) is 2. The number of hydrogen-bond donors (Lipinski definition) is 4. The minimum Gasteiger partial charge on any atom is -0.386 e. The second kappa shape index (κ2) is 39.2. The van der Waals surface area contributed by atoms with Gasteiger partial charge in [-0.1, -0.05) is 152 Å². The van der Waals surface area contributed by atoms with Crippen molar-refractivity contribution in [3.63, 3.8) is 0 Å². The maximum absolute atomic E-state index is 12.5. The third-order valence-corrected chi connectivity index (χ3v) is 10.9. The Balaban J connectivity index is 0. The number of aliphatic hydroxyl groups excluding tert-OH is 2. The molecule has 14 heteroatoms. The van der Waals surface area contributed by atoms with Crippen LogP contribution in [0.3, 0.4) is 0 Å². The molecule has 0 bridgehead atoms. The molecule has 2 amide bonds. The first-order valence-electron chi connectivity index (χ1n) is 22.1. The van der Waals surface area contributed by atoms with E-state index in [1.54, 1.807) is 0 Å². The topological polar surface area (TPSA) is 124 Å². The van der Waals surface area contributed by atoms with Gasteiger partial charge in [-0.2, -0.15) is 54.0 Å². The molecule has 0 aromatic heterocycles. The van der Waals surface area contributed by atoms with Gasteiger partial charge in [0.1, 0.15) is 12.2 Å². The van der Waals surface area contributed by atoms with E-state index >= 15 is 0 Å². The van der Waals surface area contributed by atoms with E-state index in [-0.39, 0.29) is 77.9 Å². The van der Waals surface area contributed by atoms with Gasteiger partial charge in [0.05, 0.1) is 38.5 Å². The highest BCUT2D eigenvalue weighted by molar-refractivity contribution is 7.59. The predicted molar refractivity (Wildman–Crippen MR) is 268 cm³/mol. The van der Waals surface area contributed by atoms with Crippen LogP contribution in [0.25, 0.3) is 0 Å². The molecule has 4 N–H and O–H groups in total. The zero-order valence-corrected chi connectivity index (χ0v) is 40.9. The summed E-state index contributed by atoms with van der Waals surface area (Å²) in [4.78, 5) is 29.5. The number of rotatable bonds is 26. The fourth-order valence-electron chi connectivity index (χ4n) is 7.38. The third kappa shape index (κ3) is 26.9. The van der Waals surface area contributed by atoms with Gasteiger partial charge in [-0.15, -0.1) is 0 Å². The van der Waals surface area contributed by atoms with Crippen molar-refractivity contribution in [3.8, 4) is 0 Å². The molecule has 2 aliphatic heterocycles. The fourth-order valence-corrected chi connectivity index (χ4v) is 7.38. The Labute approximate surface area is 391 Å². The molecule has 10 nitrogen and oxygen atoms in total. The standard InChI is InChI=1S/2C23H38N2O3.4H2S/c2*1-2-3-4-5-6-7-11-14-22(26)24-21(19-25-15-17-28-18-16-25)23(27)20-12-9-8-10-13-20;;;;/h2*8-10,12-13,21,23,27H,2-7,11,14-19H2,1H3,(H,24,26);4*1H2/t2*21-,23-;;;;/m10..../s1. The highest BCUT2D eigenvalue weighted by atomic mass is 32.1. The molecule has 0 unspecified atom stereocenters. The van der Waals surface area contributed by atoms with Crippen molar-refractivity contribution in [2.75, 3.05) is 65.7 Å². The number of nitrogens with zero attached hydrogens (tertiary/aromatic N) is 2. The van der Waals surface area contributed by atoms with Crippen molar-refractivity contribution in [1.82, 2.24) is 20.4 Å². The van der Waals surface area contributed by atoms with E-state index in [9.17, 15) is 19.8 Å². The minimum absolute atomic E-state index is 0. The van der Waals surface area contributed by atoms with Crippen LogP contribution in [0.1, 0.15) is 140 Å². The highest BCUT2D eigenvalue weighted by Crippen LogP contribution is 2.20. The third-order valence-electron chi connectivity index (χ3n) is 10.9. The molecule has 60 heavy (non-hydrogen) atoms. The number of morpholine rings is 2. The Morgan fingerprint density at radius 3 is 1.13 bits per heavy atom. The molecule has 2 aliphatic rings. The van der Waals surface area contributed by atoms with E-state index in [0.717, 1.165) is 63.0 Å². The Hall–Kier alpha value is -1.46. The van der Waals surface area contributed by atoms with Gasteiger partial charge in [0.25, 0.3) is 0 Å². The van der Waals surface area contributed by atoms with Crippen molar-refractivity contribution in [2.45, 2.75) is 141 Å². The lowest BCUT2D eigenvalue weighted by molar-refractivity contribution is -0.124. The first-order valence-corrected chi connectivity index (χ1v) is 22.1. The van der Waals surface area contributed by atoms with E-state index in [0.29, 0.717) is 52.4 Å². The molecule has 0 spiro atoms. The van der Waals surface area contributed by atoms with E-state index < -0.39 is 12.2 Å². The molecule has 2 heterocycles. The molecule has 2 aromatic carbocycles. The van der Waals surface area contributed by atoms with Crippen molar-refractivity contribution in [2.24, 2.45) is 0 Å². The lowest BCUT2D eigenvalue weighted by Gasteiger charge is -2.33. The highest BCUT2D eigenvalue weighted by Gasteiger charge is 2.27. The van der Waals surface area contributed by atoms with Gasteiger partial charge < -0.3 is 30.3 Å². The van der Waals surface area contributed by atoms with Crippen molar-refractivity contribution in [3.05, 3.63) is 71.8 Å². The van der Waals surface area contributed by atoms with Crippen molar-refractivity contribution in [1.29, 1.82) is 0 Å². The second-order valence-corrected chi connectivity index (χ2v) is 15.6. The smallest absolute Gasteiger partial charge is 0.220 e. The van der Waals surface area contributed by atoms with Gasteiger partial charge in [0, 0.05) is 52.1 Å². The Morgan fingerprint density at radius 1 is 0.517 bits per heavy atom. The van der Waals surface area contributed by atoms with Gasteiger partial charge in [-0.3, -0.25) is 19.4 Å². The van der Waals surface area contributed by atoms with E-state index in [1.165, 1.54) is 64.2 Å².